The molecular weight excluding hydrogens is 536 g/mol. The molecule has 43 heavy (non-hydrogen) atoms. The van der Waals surface area contributed by atoms with E-state index in [4.69, 9.17) is 14.7 Å². The molecule has 4 saturated carbocycles. The second-order valence-corrected chi connectivity index (χ2v) is 14.7. The molecule has 2 aromatic rings. The van der Waals surface area contributed by atoms with E-state index >= 15 is 0 Å². The average Bonchev–Trinajstić information content (AvgIpc) is 3.86. The standard InChI is InChI=1S/C20H29N3O2.C15H21N3/c1-20(2,3)25-19(24)23-10-8-22(9-11-23)18-17(15-6-7-15)12-16(13-21-18)14-4-5-14;1-2-11(1)13-9-14(12-3-4-12)15(17-10-13)18-7-5-16-6-8-18/h12-15H,4-11H2,1-3H3;9-12,16H,1-8H2. The summed E-state index contributed by atoms with van der Waals surface area (Å²) < 4.78 is 5.49. The molecule has 0 atom stereocenters. The summed E-state index contributed by atoms with van der Waals surface area (Å²) >= 11 is 0. The van der Waals surface area contributed by atoms with E-state index in [2.05, 4.69) is 39.6 Å². The second-order valence-electron chi connectivity index (χ2n) is 14.7. The van der Waals surface area contributed by atoms with Crippen molar-refractivity contribution in [2.24, 2.45) is 0 Å². The van der Waals surface area contributed by atoms with Crippen LogP contribution in [-0.4, -0.2) is 78.9 Å². The lowest BCUT2D eigenvalue weighted by molar-refractivity contribution is 0.0240. The van der Waals surface area contributed by atoms with Gasteiger partial charge >= 0.3 is 6.09 Å². The van der Waals surface area contributed by atoms with Crippen LogP contribution in [0, 0.1) is 0 Å². The lowest BCUT2D eigenvalue weighted by atomic mass is 10.1. The summed E-state index contributed by atoms with van der Waals surface area (Å²) in [6, 6.07) is 4.89. The first-order valence-electron chi connectivity index (χ1n) is 17.0. The Hall–Kier alpha value is -2.87. The number of carbonyl (C=O) groups is 1. The third-order valence-corrected chi connectivity index (χ3v) is 9.61. The number of rotatable bonds is 6. The average molecular weight is 587 g/mol. The largest absolute Gasteiger partial charge is 0.444 e. The van der Waals surface area contributed by atoms with E-state index in [0.29, 0.717) is 19.0 Å². The minimum atomic E-state index is -0.437. The molecule has 0 bridgehead atoms. The van der Waals surface area contributed by atoms with Crippen LogP contribution >= 0.6 is 0 Å². The molecule has 4 heterocycles. The van der Waals surface area contributed by atoms with Crippen molar-refractivity contribution in [1.29, 1.82) is 0 Å². The zero-order chi connectivity index (χ0) is 29.6. The topological polar surface area (TPSA) is 73.8 Å². The summed E-state index contributed by atoms with van der Waals surface area (Å²) in [7, 11) is 0. The summed E-state index contributed by atoms with van der Waals surface area (Å²) in [6.07, 6.45) is 14.7. The number of nitrogens with zero attached hydrogens (tertiary/aromatic N) is 5. The summed E-state index contributed by atoms with van der Waals surface area (Å²) in [5, 5.41) is 3.42. The van der Waals surface area contributed by atoms with Gasteiger partial charge in [-0.2, -0.15) is 0 Å². The molecule has 1 amide bonds. The van der Waals surface area contributed by atoms with Crippen molar-refractivity contribution >= 4 is 17.7 Å². The van der Waals surface area contributed by atoms with Gasteiger partial charge in [0.1, 0.15) is 17.2 Å². The molecule has 0 unspecified atom stereocenters. The maximum absolute atomic E-state index is 12.2. The van der Waals surface area contributed by atoms with Gasteiger partial charge in [-0.25, -0.2) is 14.8 Å². The van der Waals surface area contributed by atoms with Crippen molar-refractivity contribution < 1.29 is 9.53 Å². The molecule has 4 aliphatic carbocycles. The number of nitrogens with one attached hydrogen (secondary N) is 1. The monoisotopic (exact) mass is 586 g/mol. The van der Waals surface area contributed by atoms with Crippen LogP contribution in [0.3, 0.4) is 0 Å². The number of carbonyl (C=O) groups excluding carboxylic acids is 1. The molecule has 0 aromatic carbocycles. The number of amides is 1. The second kappa shape index (κ2) is 11.9. The van der Waals surface area contributed by atoms with E-state index in [1.165, 1.54) is 73.9 Å². The lowest BCUT2D eigenvalue weighted by Crippen LogP contribution is -2.50. The predicted molar refractivity (Wildman–Crippen MR) is 171 cm³/mol. The number of aromatic nitrogens is 2. The quantitative estimate of drug-likeness (QED) is 0.436. The highest BCUT2D eigenvalue weighted by atomic mass is 16.6. The van der Waals surface area contributed by atoms with Gasteiger partial charge in [0.2, 0.25) is 0 Å². The van der Waals surface area contributed by atoms with Gasteiger partial charge in [-0.1, -0.05) is 12.1 Å². The van der Waals surface area contributed by atoms with E-state index in [9.17, 15) is 4.79 Å². The number of hydrogen-bond acceptors (Lipinski definition) is 7. The molecule has 2 saturated heterocycles. The molecule has 2 aromatic heterocycles. The number of piperazine rings is 2. The Morgan fingerprint density at radius 1 is 0.698 bits per heavy atom. The molecule has 1 N–H and O–H groups in total. The first-order chi connectivity index (χ1) is 20.8. The van der Waals surface area contributed by atoms with Crippen LogP contribution < -0.4 is 15.1 Å². The van der Waals surface area contributed by atoms with Crippen molar-refractivity contribution in [2.75, 3.05) is 62.2 Å². The molecule has 8 heteroatoms. The molecule has 0 radical (unpaired) electrons. The van der Waals surface area contributed by atoms with Crippen molar-refractivity contribution in [3.8, 4) is 0 Å². The van der Waals surface area contributed by atoms with Gasteiger partial charge in [0.05, 0.1) is 0 Å². The third-order valence-electron chi connectivity index (χ3n) is 9.61. The summed E-state index contributed by atoms with van der Waals surface area (Å²) in [4.78, 5) is 28.5. The fraction of sp³-hybridized carbons (Fsp3) is 0.686. The van der Waals surface area contributed by atoms with Crippen LogP contribution in [0.5, 0.6) is 0 Å². The van der Waals surface area contributed by atoms with Crippen LogP contribution in [0.15, 0.2) is 24.5 Å². The minimum Gasteiger partial charge on any atom is -0.444 e. The summed E-state index contributed by atoms with van der Waals surface area (Å²) in [5.41, 5.74) is 5.47. The Labute approximate surface area is 257 Å². The van der Waals surface area contributed by atoms with Gasteiger partial charge in [0, 0.05) is 64.8 Å². The van der Waals surface area contributed by atoms with Crippen molar-refractivity contribution in [3.63, 3.8) is 0 Å². The molecule has 8 nitrogen and oxygen atoms in total. The molecule has 232 valence electrons. The Kier molecular flexibility index (Phi) is 7.99. The van der Waals surface area contributed by atoms with Crippen LogP contribution in [-0.2, 0) is 4.74 Å². The Balaban J connectivity index is 0.000000147. The zero-order valence-electron chi connectivity index (χ0n) is 26.5. The van der Waals surface area contributed by atoms with Crippen LogP contribution in [0.25, 0.3) is 0 Å². The maximum atomic E-state index is 12.2. The van der Waals surface area contributed by atoms with Gasteiger partial charge in [0.25, 0.3) is 0 Å². The SMILES string of the molecule is CC(C)(C)OC(=O)N1CCN(c2ncc(C3CC3)cc2C2CC2)CC1.c1nc(N2CCNCC2)c(C2CC2)cc1C1CC1. The highest BCUT2D eigenvalue weighted by Gasteiger charge is 2.34. The van der Waals surface area contributed by atoms with Gasteiger partial charge in [-0.15, -0.1) is 0 Å². The molecule has 8 rings (SSSR count). The summed E-state index contributed by atoms with van der Waals surface area (Å²) in [6.45, 7) is 13.2. The molecule has 2 aliphatic heterocycles. The molecule has 0 spiro atoms. The van der Waals surface area contributed by atoms with Gasteiger partial charge in [0.15, 0.2) is 0 Å². The Bertz CT molecular complexity index is 1290. The van der Waals surface area contributed by atoms with E-state index in [-0.39, 0.29) is 6.09 Å². The lowest BCUT2D eigenvalue weighted by Gasteiger charge is -2.37. The third kappa shape index (κ3) is 7.27. The molecular formula is C35H50N6O2. The predicted octanol–water partition coefficient (Wildman–Crippen LogP) is 6.14. The zero-order valence-corrected chi connectivity index (χ0v) is 26.5. The van der Waals surface area contributed by atoms with E-state index in [1.54, 1.807) is 5.56 Å². The van der Waals surface area contributed by atoms with E-state index < -0.39 is 5.60 Å². The number of anilines is 2. The van der Waals surface area contributed by atoms with Gasteiger partial charge in [-0.05, 0) is 118 Å². The van der Waals surface area contributed by atoms with E-state index in [0.717, 1.165) is 62.8 Å². The van der Waals surface area contributed by atoms with Crippen molar-refractivity contribution in [3.05, 3.63) is 46.8 Å². The van der Waals surface area contributed by atoms with Gasteiger partial charge < -0.3 is 24.8 Å². The van der Waals surface area contributed by atoms with Gasteiger partial charge in [-0.3, -0.25) is 0 Å². The van der Waals surface area contributed by atoms with Crippen molar-refractivity contribution in [2.45, 2.75) is 101 Å². The Morgan fingerprint density at radius 3 is 1.56 bits per heavy atom. The van der Waals surface area contributed by atoms with Crippen LogP contribution in [0.2, 0.25) is 0 Å². The number of ether oxygens (including phenoxy) is 1. The van der Waals surface area contributed by atoms with Crippen LogP contribution in [0.1, 0.15) is 118 Å². The molecule has 6 fully saturated rings. The fourth-order valence-electron chi connectivity index (χ4n) is 6.48. The highest BCUT2D eigenvalue weighted by Crippen LogP contribution is 2.48. The Morgan fingerprint density at radius 2 is 1.14 bits per heavy atom. The van der Waals surface area contributed by atoms with Crippen LogP contribution in [0.4, 0.5) is 16.4 Å². The fourth-order valence-corrected chi connectivity index (χ4v) is 6.48. The smallest absolute Gasteiger partial charge is 0.410 e. The first kappa shape index (κ1) is 28.9. The maximum Gasteiger partial charge on any atom is 0.410 e. The van der Waals surface area contributed by atoms with Crippen molar-refractivity contribution in [1.82, 2.24) is 20.2 Å². The first-order valence-corrected chi connectivity index (χ1v) is 17.0. The highest BCUT2D eigenvalue weighted by molar-refractivity contribution is 5.68. The summed E-state index contributed by atoms with van der Waals surface area (Å²) in [5.74, 6) is 5.51. The normalized spacial score (nSPS) is 22.6. The number of pyridine rings is 2. The minimum absolute atomic E-state index is 0.202. The molecule has 6 aliphatic rings. The van der Waals surface area contributed by atoms with E-state index in [1.807, 2.05) is 25.7 Å². The number of hydrogen-bond donors (Lipinski definition) is 1.